The zero-order valence-electron chi connectivity index (χ0n) is 14.4. The third-order valence-corrected chi connectivity index (χ3v) is 4.79. The van der Waals surface area contributed by atoms with Crippen molar-refractivity contribution in [1.82, 2.24) is 20.4 Å². The largest absolute Gasteiger partial charge is 0.396 e. The molecule has 0 radical (unpaired) electrons. The lowest BCUT2D eigenvalue weighted by Crippen LogP contribution is -2.43. The fourth-order valence-electron chi connectivity index (χ4n) is 3.33. The molecule has 0 atom stereocenters. The van der Waals surface area contributed by atoms with Gasteiger partial charge in [0.05, 0.1) is 6.54 Å². The molecule has 1 aliphatic rings. The Balaban J connectivity index is 1.44. The summed E-state index contributed by atoms with van der Waals surface area (Å²) in [4.78, 5) is 12.1. The molecule has 1 aromatic carbocycles. The number of nitrogens with zero attached hydrogens (tertiary/aromatic N) is 2. The van der Waals surface area contributed by atoms with Gasteiger partial charge in [-0.05, 0) is 48.8 Å². The highest BCUT2D eigenvalue weighted by Gasteiger charge is 2.21. The van der Waals surface area contributed by atoms with Crippen LogP contribution in [0.4, 0.5) is 4.79 Å². The van der Waals surface area contributed by atoms with Crippen LogP contribution in [-0.2, 0) is 13.1 Å². The molecular weight excluding hydrogens is 316 g/mol. The van der Waals surface area contributed by atoms with Gasteiger partial charge in [0, 0.05) is 31.6 Å². The van der Waals surface area contributed by atoms with Gasteiger partial charge in [0.15, 0.2) is 0 Å². The topological polar surface area (TPSA) is 79.2 Å². The van der Waals surface area contributed by atoms with E-state index in [1.165, 1.54) is 0 Å². The van der Waals surface area contributed by atoms with E-state index in [9.17, 15) is 4.79 Å². The Bertz CT molecular complexity index is 664. The molecule has 3 rings (SSSR count). The highest BCUT2D eigenvalue weighted by atomic mass is 16.3. The normalized spacial score (nSPS) is 20.2. The molecular formula is C19H26N4O2. The Morgan fingerprint density at radius 2 is 2.00 bits per heavy atom. The van der Waals surface area contributed by atoms with Gasteiger partial charge in [-0.25, -0.2) is 4.79 Å². The van der Waals surface area contributed by atoms with Crippen molar-refractivity contribution in [3.8, 4) is 0 Å². The van der Waals surface area contributed by atoms with Crippen molar-refractivity contribution in [3.63, 3.8) is 0 Å². The second kappa shape index (κ2) is 8.67. The second-order valence-corrected chi connectivity index (χ2v) is 6.75. The molecule has 1 aromatic heterocycles. The van der Waals surface area contributed by atoms with Gasteiger partial charge in [0.25, 0.3) is 0 Å². The predicted octanol–water partition coefficient (Wildman–Crippen LogP) is 2.28. The molecule has 1 fully saturated rings. The number of hydrogen-bond donors (Lipinski definition) is 3. The average molecular weight is 342 g/mol. The zero-order valence-corrected chi connectivity index (χ0v) is 14.4. The van der Waals surface area contributed by atoms with Gasteiger partial charge in [0.1, 0.15) is 0 Å². The number of carbonyl (C=O) groups excluding carboxylic acids is 1. The van der Waals surface area contributed by atoms with Crippen molar-refractivity contribution in [2.24, 2.45) is 5.92 Å². The lowest BCUT2D eigenvalue weighted by atomic mass is 9.87. The van der Waals surface area contributed by atoms with E-state index in [0.29, 0.717) is 12.5 Å². The quantitative estimate of drug-likeness (QED) is 0.753. The molecule has 1 aliphatic carbocycles. The van der Waals surface area contributed by atoms with E-state index < -0.39 is 0 Å². The van der Waals surface area contributed by atoms with E-state index >= 15 is 0 Å². The van der Waals surface area contributed by atoms with Crippen LogP contribution in [0.25, 0.3) is 0 Å². The summed E-state index contributed by atoms with van der Waals surface area (Å²) in [7, 11) is 0. The molecule has 0 unspecified atom stereocenters. The maximum absolute atomic E-state index is 12.1. The highest BCUT2D eigenvalue weighted by molar-refractivity contribution is 5.74. The third kappa shape index (κ3) is 5.32. The van der Waals surface area contributed by atoms with Crippen molar-refractivity contribution < 1.29 is 9.90 Å². The first kappa shape index (κ1) is 17.5. The number of urea groups is 1. The molecule has 0 bridgehead atoms. The van der Waals surface area contributed by atoms with Gasteiger partial charge in [-0.1, -0.05) is 24.3 Å². The SMILES string of the molecule is O=C(NCc1cccc(Cn2cccn2)c1)NC1CCC(CO)CC1. The summed E-state index contributed by atoms with van der Waals surface area (Å²) >= 11 is 0. The van der Waals surface area contributed by atoms with Crippen LogP contribution in [-0.4, -0.2) is 33.6 Å². The Kier molecular flexibility index (Phi) is 6.06. The van der Waals surface area contributed by atoms with Gasteiger partial charge in [-0.3, -0.25) is 4.68 Å². The summed E-state index contributed by atoms with van der Waals surface area (Å²) in [6.07, 6.45) is 7.55. The molecule has 0 aliphatic heterocycles. The molecule has 6 heteroatoms. The lowest BCUT2D eigenvalue weighted by Gasteiger charge is -2.27. The van der Waals surface area contributed by atoms with Crippen molar-refractivity contribution in [2.75, 3.05) is 6.61 Å². The number of aliphatic hydroxyl groups excluding tert-OH is 1. The van der Waals surface area contributed by atoms with E-state index in [0.717, 1.165) is 43.4 Å². The first-order valence-electron chi connectivity index (χ1n) is 8.93. The van der Waals surface area contributed by atoms with Crippen LogP contribution < -0.4 is 10.6 Å². The minimum absolute atomic E-state index is 0.120. The first-order chi connectivity index (χ1) is 12.2. The molecule has 0 spiro atoms. The summed E-state index contributed by atoms with van der Waals surface area (Å²) < 4.78 is 1.88. The molecule has 25 heavy (non-hydrogen) atoms. The maximum atomic E-state index is 12.1. The maximum Gasteiger partial charge on any atom is 0.315 e. The van der Waals surface area contributed by atoms with E-state index in [1.807, 2.05) is 29.1 Å². The van der Waals surface area contributed by atoms with Crippen LogP contribution >= 0.6 is 0 Å². The first-order valence-corrected chi connectivity index (χ1v) is 8.93. The number of amides is 2. The van der Waals surface area contributed by atoms with Gasteiger partial charge >= 0.3 is 6.03 Å². The molecule has 1 heterocycles. The molecule has 2 aromatic rings. The number of aromatic nitrogens is 2. The molecule has 2 amide bonds. The Morgan fingerprint density at radius 1 is 1.20 bits per heavy atom. The van der Waals surface area contributed by atoms with Crippen LogP contribution in [0.5, 0.6) is 0 Å². The van der Waals surface area contributed by atoms with Crippen LogP contribution in [0, 0.1) is 5.92 Å². The number of benzene rings is 1. The van der Waals surface area contributed by atoms with Crippen molar-refractivity contribution in [1.29, 1.82) is 0 Å². The number of aliphatic hydroxyl groups is 1. The van der Waals surface area contributed by atoms with Crippen LogP contribution in [0.15, 0.2) is 42.7 Å². The van der Waals surface area contributed by atoms with Gasteiger partial charge in [-0.15, -0.1) is 0 Å². The molecule has 134 valence electrons. The number of rotatable bonds is 6. The zero-order chi connectivity index (χ0) is 17.5. The van der Waals surface area contributed by atoms with Crippen molar-refractivity contribution in [3.05, 3.63) is 53.9 Å². The average Bonchev–Trinajstić information content (AvgIpc) is 3.14. The summed E-state index contributed by atoms with van der Waals surface area (Å²) in [5.74, 6) is 0.402. The predicted molar refractivity (Wildman–Crippen MR) is 96.0 cm³/mol. The Labute approximate surface area is 148 Å². The van der Waals surface area contributed by atoms with Crippen LogP contribution in [0.1, 0.15) is 36.8 Å². The lowest BCUT2D eigenvalue weighted by molar-refractivity contribution is 0.174. The van der Waals surface area contributed by atoms with E-state index in [4.69, 9.17) is 5.11 Å². The van der Waals surface area contributed by atoms with E-state index in [1.54, 1.807) is 6.20 Å². The summed E-state index contributed by atoms with van der Waals surface area (Å²) in [6.45, 7) is 1.49. The minimum Gasteiger partial charge on any atom is -0.396 e. The smallest absolute Gasteiger partial charge is 0.315 e. The summed E-state index contributed by atoms with van der Waals surface area (Å²) in [5, 5.41) is 19.4. The van der Waals surface area contributed by atoms with Crippen LogP contribution in [0.2, 0.25) is 0 Å². The fourth-order valence-corrected chi connectivity index (χ4v) is 3.33. The van der Waals surface area contributed by atoms with Crippen molar-refractivity contribution >= 4 is 6.03 Å². The Morgan fingerprint density at radius 3 is 2.72 bits per heavy atom. The molecule has 0 saturated heterocycles. The molecule has 1 saturated carbocycles. The molecule has 3 N–H and O–H groups in total. The van der Waals surface area contributed by atoms with E-state index in [-0.39, 0.29) is 18.7 Å². The van der Waals surface area contributed by atoms with Gasteiger partial charge in [0.2, 0.25) is 0 Å². The second-order valence-electron chi connectivity index (χ2n) is 6.75. The standard InChI is InChI=1S/C19H26N4O2/c24-14-15-5-7-18(8-6-15)22-19(25)20-12-16-3-1-4-17(11-16)13-23-10-2-9-21-23/h1-4,9-11,15,18,24H,5-8,12-14H2,(H2,20,22,25). The minimum atomic E-state index is -0.120. The summed E-state index contributed by atoms with van der Waals surface area (Å²) in [6, 6.07) is 10.2. The summed E-state index contributed by atoms with van der Waals surface area (Å²) in [5.41, 5.74) is 2.23. The third-order valence-electron chi connectivity index (χ3n) is 4.79. The van der Waals surface area contributed by atoms with Gasteiger partial charge < -0.3 is 15.7 Å². The molecule has 6 nitrogen and oxygen atoms in total. The number of nitrogens with one attached hydrogen (secondary N) is 2. The van der Waals surface area contributed by atoms with Crippen LogP contribution in [0.3, 0.4) is 0 Å². The number of carbonyl (C=O) groups is 1. The van der Waals surface area contributed by atoms with E-state index in [2.05, 4.69) is 27.9 Å². The Hall–Kier alpha value is -2.34. The van der Waals surface area contributed by atoms with Gasteiger partial charge in [-0.2, -0.15) is 5.10 Å². The highest BCUT2D eigenvalue weighted by Crippen LogP contribution is 2.23. The monoisotopic (exact) mass is 342 g/mol. The fraction of sp³-hybridized carbons (Fsp3) is 0.474. The number of hydrogen-bond acceptors (Lipinski definition) is 3. The van der Waals surface area contributed by atoms with Crippen molar-refractivity contribution in [2.45, 2.75) is 44.8 Å².